The SMILES string of the molecule is CCCC[C@@H](O)/C=C\CCCCCCCCCCCCS(=O)(=O)[O-].[NH4+]. The molecule has 0 aromatic heterocycles. The van der Waals surface area contributed by atoms with Gasteiger partial charge in [0.05, 0.1) is 16.2 Å². The van der Waals surface area contributed by atoms with Crippen molar-refractivity contribution >= 4 is 10.1 Å². The second-order valence-electron chi connectivity index (χ2n) is 6.72. The maximum atomic E-state index is 10.4. The lowest BCUT2D eigenvalue weighted by molar-refractivity contribution is 0.209. The van der Waals surface area contributed by atoms with Gasteiger partial charge in [-0.25, -0.2) is 8.42 Å². The van der Waals surface area contributed by atoms with Gasteiger partial charge in [0.1, 0.15) is 0 Å². The first-order chi connectivity index (χ1) is 11.5. The van der Waals surface area contributed by atoms with Crippen LogP contribution in [0.2, 0.25) is 0 Å². The monoisotopic (exact) mass is 379 g/mol. The van der Waals surface area contributed by atoms with Crippen LogP contribution in [0.1, 0.15) is 96.8 Å². The summed E-state index contributed by atoms with van der Waals surface area (Å²) in [5, 5.41) is 9.67. The van der Waals surface area contributed by atoms with Gasteiger partial charge in [-0.05, 0) is 25.7 Å². The molecule has 1 atom stereocenters. The summed E-state index contributed by atoms with van der Waals surface area (Å²) in [5.74, 6) is -0.211. The van der Waals surface area contributed by atoms with Gasteiger partial charge in [0.25, 0.3) is 0 Å². The summed E-state index contributed by atoms with van der Waals surface area (Å²) in [7, 11) is -4.02. The summed E-state index contributed by atoms with van der Waals surface area (Å²) < 4.78 is 31.3. The van der Waals surface area contributed by atoms with Crippen LogP contribution in [0.15, 0.2) is 12.2 Å². The predicted molar refractivity (Wildman–Crippen MR) is 106 cm³/mol. The second kappa shape index (κ2) is 18.4. The zero-order valence-corrected chi connectivity index (χ0v) is 17.2. The number of hydrogen-bond donors (Lipinski definition) is 2. The van der Waals surface area contributed by atoms with Crippen LogP contribution in [0, 0.1) is 0 Å². The van der Waals surface area contributed by atoms with Crippen molar-refractivity contribution in [3.8, 4) is 0 Å². The summed E-state index contributed by atoms with van der Waals surface area (Å²) in [6.07, 6.45) is 18.9. The Balaban J connectivity index is 0. The highest BCUT2D eigenvalue weighted by Gasteiger charge is 1.97. The molecular weight excluding hydrogens is 338 g/mol. The molecule has 0 aliphatic carbocycles. The van der Waals surface area contributed by atoms with Gasteiger partial charge in [0.2, 0.25) is 0 Å². The van der Waals surface area contributed by atoms with Crippen molar-refractivity contribution in [2.24, 2.45) is 0 Å². The third-order valence-corrected chi connectivity index (χ3v) is 5.02. The molecule has 0 aromatic rings. The lowest BCUT2D eigenvalue weighted by atomic mass is 10.1. The Bertz CT molecular complexity index is 396. The molecule has 0 saturated heterocycles. The van der Waals surface area contributed by atoms with E-state index in [-0.39, 0.29) is 18.0 Å². The molecule has 0 spiro atoms. The van der Waals surface area contributed by atoms with E-state index in [2.05, 4.69) is 13.0 Å². The highest BCUT2D eigenvalue weighted by atomic mass is 32.2. The Hall–Kier alpha value is -0.430. The van der Waals surface area contributed by atoms with E-state index in [1.807, 2.05) is 6.08 Å². The van der Waals surface area contributed by atoms with E-state index in [0.717, 1.165) is 44.9 Å². The molecular formula is C19H41NO4S. The van der Waals surface area contributed by atoms with E-state index in [9.17, 15) is 18.1 Å². The van der Waals surface area contributed by atoms with Crippen molar-refractivity contribution in [2.75, 3.05) is 5.75 Å². The van der Waals surface area contributed by atoms with Crippen molar-refractivity contribution in [3.05, 3.63) is 12.2 Å². The van der Waals surface area contributed by atoms with Crippen LogP contribution in [0.4, 0.5) is 0 Å². The van der Waals surface area contributed by atoms with Crippen LogP contribution in [-0.4, -0.2) is 29.9 Å². The van der Waals surface area contributed by atoms with Crippen molar-refractivity contribution in [3.63, 3.8) is 0 Å². The summed E-state index contributed by atoms with van der Waals surface area (Å²) in [6, 6.07) is 0. The van der Waals surface area contributed by atoms with Gasteiger partial charge in [-0.1, -0.05) is 83.3 Å². The van der Waals surface area contributed by atoms with E-state index in [0.29, 0.717) is 6.42 Å². The lowest BCUT2D eigenvalue weighted by Gasteiger charge is -2.06. The largest absolute Gasteiger partial charge is 0.748 e. The first-order valence-electron chi connectivity index (χ1n) is 9.74. The summed E-state index contributed by atoms with van der Waals surface area (Å²) >= 11 is 0. The normalized spacial score (nSPS) is 13.1. The Morgan fingerprint density at radius 2 is 1.36 bits per heavy atom. The summed E-state index contributed by atoms with van der Waals surface area (Å²) in [4.78, 5) is 0. The highest BCUT2D eigenvalue weighted by molar-refractivity contribution is 7.85. The third kappa shape index (κ3) is 23.6. The van der Waals surface area contributed by atoms with Crippen LogP contribution in [0.25, 0.3) is 0 Å². The molecule has 0 saturated carbocycles. The molecule has 0 unspecified atom stereocenters. The number of quaternary nitrogens is 1. The minimum atomic E-state index is -4.02. The predicted octanol–water partition coefficient (Wildman–Crippen LogP) is 5.31. The molecule has 25 heavy (non-hydrogen) atoms. The molecule has 152 valence electrons. The van der Waals surface area contributed by atoms with Crippen LogP contribution in [-0.2, 0) is 10.1 Å². The van der Waals surface area contributed by atoms with Crippen LogP contribution in [0.5, 0.6) is 0 Å². The average molecular weight is 380 g/mol. The van der Waals surface area contributed by atoms with Gasteiger partial charge >= 0.3 is 0 Å². The topological polar surface area (TPSA) is 114 Å². The number of rotatable bonds is 17. The maximum Gasteiger partial charge on any atom is 0.0945 e. The van der Waals surface area contributed by atoms with E-state index >= 15 is 0 Å². The quantitative estimate of drug-likeness (QED) is 0.202. The lowest BCUT2D eigenvalue weighted by Crippen LogP contribution is -2.03. The molecule has 0 rings (SSSR count). The maximum absolute atomic E-state index is 10.4. The van der Waals surface area contributed by atoms with Gasteiger partial charge in [0.15, 0.2) is 0 Å². The molecule has 0 heterocycles. The molecule has 0 bridgehead atoms. The Kier molecular flexibility index (Phi) is 19.7. The summed E-state index contributed by atoms with van der Waals surface area (Å²) in [6.45, 7) is 2.14. The molecule has 0 aromatic carbocycles. The van der Waals surface area contributed by atoms with Crippen LogP contribution in [0.3, 0.4) is 0 Å². The van der Waals surface area contributed by atoms with Gasteiger partial charge in [-0.3, -0.25) is 0 Å². The molecule has 5 N–H and O–H groups in total. The smallest absolute Gasteiger partial charge is 0.0945 e. The first kappa shape index (κ1) is 26.8. The zero-order valence-electron chi connectivity index (χ0n) is 16.4. The van der Waals surface area contributed by atoms with E-state index in [4.69, 9.17) is 0 Å². The number of hydrogen-bond acceptors (Lipinski definition) is 4. The third-order valence-electron chi connectivity index (χ3n) is 4.23. The van der Waals surface area contributed by atoms with Gasteiger partial charge in [0, 0.05) is 5.75 Å². The van der Waals surface area contributed by atoms with Gasteiger partial charge in [-0.15, -0.1) is 0 Å². The standard InChI is InChI=1S/C19H38O4S.H3N/c1-2-3-16-19(20)17-14-12-10-8-6-4-5-7-9-11-13-15-18-24(21,22)23;/h14,17,19-20H,2-13,15-16,18H2,1H3,(H,21,22,23);1H3/b17-14-;/t19-;/m1./s1. The van der Waals surface area contributed by atoms with Crippen LogP contribution >= 0.6 is 0 Å². The molecule has 0 amide bonds. The number of allylic oxidation sites excluding steroid dienone is 1. The Labute approximate surface area is 155 Å². The molecule has 6 heteroatoms. The zero-order chi connectivity index (χ0) is 18.1. The summed E-state index contributed by atoms with van der Waals surface area (Å²) in [5.41, 5.74) is 0. The van der Waals surface area contributed by atoms with Gasteiger partial charge in [-0.2, -0.15) is 0 Å². The van der Waals surface area contributed by atoms with Crippen LogP contribution < -0.4 is 6.15 Å². The minimum absolute atomic E-state index is 0. The van der Waals surface area contributed by atoms with Crippen molar-refractivity contribution in [1.82, 2.24) is 6.15 Å². The van der Waals surface area contributed by atoms with E-state index in [1.54, 1.807) is 0 Å². The Morgan fingerprint density at radius 3 is 1.84 bits per heavy atom. The van der Waals surface area contributed by atoms with E-state index in [1.165, 1.54) is 38.5 Å². The fraction of sp³-hybridized carbons (Fsp3) is 0.895. The van der Waals surface area contributed by atoms with Gasteiger partial charge < -0.3 is 15.8 Å². The number of aliphatic hydroxyl groups excluding tert-OH is 1. The molecule has 0 fully saturated rings. The molecule has 0 aliphatic rings. The fourth-order valence-corrected chi connectivity index (χ4v) is 3.28. The molecule has 0 radical (unpaired) electrons. The molecule has 0 aliphatic heterocycles. The van der Waals surface area contributed by atoms with Crippen molar-refractivity contribution in [1.29, 1.82) is 0 Å². The fourth-order valence-electron chi connectivity index (χ4n) is 2.72. The minimum Gasteiger partial charge on any atom is -0.748 e. The van der Waals surface area contributed by atoms with E-state index < -0.39 is 10.1 Å². The van der Waals surface area contributed by atoms with Crippen molar-refractivity contribution in [2.45, 2.75) is 103 Å². The Morgan fingerprint density at radius 1 is 0.880 bits per heavy atom. The second-order valence-corrected chi connectivity index (χ2v) is 8.25. The number of aliphatic hydroxyl groups is 1. The highest BCUT2D eigenvalue weighted by Crippen LogP contribution is 2.12. The van der Waals surface area contributed by atoms with Crippen molar-refractivity contribution < 1.29 is 18.1 Å². The molecule has 5 nitrogen and oxygen atoms in total. The average Bonchev–Trinajstić information content (AvgIpc) is 2.52. The first-order valence-corrected chi connectivity index (χ1v) is 11.3. The number of unbranched alkanes of at least 4 members (excludes halogenated alkanes) is 11.